The number of aliphatic hydroxyl groups is 1. The van der Waals surface area contributed by atoms with Gasteiger partial charge in [-0.25, -0.2) is 0 Å². The summed E-state index contributed by atoms with van der Waals surface area (Å²) < 4.78 is 5.09. The van der Waals surface area contributed by atoms with Gasteiger partial charge in [-0.2, -0.15) is 0 Å². The Morgan fingerprint density at radius 2 is 2.06 bits per heavy atom. The lowest BCUT2D eigenvalue weighted by Crippen LogP contribution is -1.93. The summed E-state index contributed by atoms with van der Waals surface area (Å²) in [6, 6.07) is 3.73. The molecule has 1 N–H and O–H groups in total. The van der Waals surface area contributed by atoms with Gasteiger partial charge in [0.05, 0.1) is 23.1 Å². The molecule has 0 radical (unpaired) electrons. The van der Waals surface area contributed by atoms with E-state index in [9.17, 15) is 5.11 Å². The van der Waals surface area contributed by atoms with Crippen molar-refractivity contribution in [2.45, 2.75) is 26.9 Å². The van der Waals surface area contributed by atoms with Crippen LogP contribution < -0.4 is 0 Å². The Bertz CT molecular complexity index is 467. The second-order valence-electron chi connectivity index (χ2n) is 3.85. The van der Waals surface area contributed by atoms with Crippen molar-refractivity contribution in [1.29, 1.82) is 0 Å². The predicted octanol–water partition coefficient (Wildman–Crippen LogP) is 2.41. The van der Waals surface area contributed by atoms with Crippen LogP contribution >= 0.6 is 0 Å². The smallest absolute Gasteiger partial charge is 0.143 e. The SMILES string of the molecule is Cc1noc(C)c1-c1ccc(C(C)O)cn1. The molecule has 1 unspecified atom stereocenters. The van der Waals surface area contributed by atoms with Gasteiger partial charge in [-0.05, 0) is 32.4 Å². The third kappa shape index (κ3) is 1.84. The Labute approximate surface area is 93.9 Å². The molecule has 4 nitrogen and oxygen atoms in total. The molecule has 2 aromatic heterocycles. The molecule has 0 aliphatic heterocycles. The molecule has 0 aliphatic rings. The van der Waals surface area contributed by atoms with Crippen LogP contribution in [0.5, 0.6) is 0 Å². The minimum atomic E-state index is -0.494. The third-order valence-corrected chi connectivity index (χ3v) is 2.56. The molecule has 0 amide bonds. The Kier molecular flexibility index (Phi) is 2.75. The number of aryl methyl sites for hydroxylation is 2. The first kappa shape index (κ1) is 10.8. The first-order valence-electron chi connectivity index (χ1n) is 5.17. The van der Waals surface area contributed by atoms with Crippen LogP contribution in [-0.2, 0) is 0 Å². The van der Waals surface area contributed by atoms with E-state index < -0.39 is 6.10 Å². The summed E-state index contributed by atoms with van der Waals surface area (Å²) in [6.45, 7) is 5.46. The van der Waals surface area contributed by atoms with Gasteiger partial charge in [0.2, 0.25) is 0 Å². The summed E-state index contributed by atoms with van der Waals surface area (Å²) in [5.41, 5.74) is 3.38. The normalized spacial score (nSPS) is 12.8. The molecule has 0 saturated carbocycles. The van der Waals surface area contributed by atoms with E-state index >= 15 is 0 Å². The third-order valence-electron chi connectivity index (χ3n) is 2.56. The number of aromatic nitrogens is 2. The predicted molar refractivity (Wildman–Crippen MR) is 59.8 cm³/mol. The highest BCUT2D eigenvalue weighted by atomic mass is 16.5. The monoisotopic (exact) mass is 218 g/mol. The highest BCUT2D eigenvalue weighted by Gasteiger charge is 2.12. The highest BCUT2D eigenvalue weighted by Crippen LogP contribution is 2.25. The van der Waals surface area contributed by atoms with E-state index in [2.05, 4.69) is 10.1 Å². The van der Waals surface area contributed by atoms with Crippen molar-refractivity contribution in [2.75, 3.05) is 0 Å². The van der Waals surface area contributed by atoms with Crippen molar-refractivity contribution in [3.05, 3.63) is 35.3 Å². The summed E-state index contributed by atoms with van der Waals surface area (Å²) in [6.07, 6.45) is 1.18. The van der Waals surface area contributed by atoms with Gasteiger partial charge < -0.3 is 9.63 Å². The van der Waals surface area contributed by atoms with Crippen LogP contribution in [0.4, 0.5) is 0 Å². The molecule has 0 aliphatic carbocycles. The lowest BCUT2D eigenvalue weighted by atomic mass is 10.1. The fraction of sp³-hybridized carbons (Fsp3) is 0.333. The van der Waals surface area contributed by atoms with Crippen LogP contribution in [0.3, 0.4) is 0 Å². The zero-order chi connectivity index (χ0) is 11.7. The zero-order valence-corrected chi connectivity index (χ0v) is 9.56. The summed E-state index contributed by atoms with van der Waals surface area (Å²) in [5.74, 6) is 0.759. The molecule has 0 spiro atoms. The van der Waals surface area contributed by atoms with Gasteiger partial charge in [0.1, 0.15) is 5.76 Å². The van der Waals surface area contributed by atoms with Crippen molar-refractivity contribution in [2.24, 2.45) is 0 Å². The highest BCUT2D eigenvalue weighted by molar-refractivity contribution is 5.63. The summed E-state index contributed by atoms with van der Waals surface area (Å²) >= 11 is 0. The van der Waals surface area contributed by atoms with E-state index in [1.54, 1.807) is 13.1 Å². The lowest BCUT2D eigenvalue weighted by Gasteiger charge is -2.05. The van der Waals surface area contributed by atoms with Crippen LogP contribution in [0, 0.1) is 13.8 Å². The van der Waals surface area contributed by atoms with Crippen molar-refractivity contribution in [1.82, 2.24) is 10.1 Å². The van der Waals surface area contributed by atoms with E-state index in [-0.39, 0.29) is 0 Å². The van der Waals surface area contributed by atoms with Gasteiger partial charge in [-0.1, -0.05) is 11.2 Å². The fourth-order valence-electron chi connectivity index (χ4n) is 1.65. The number of nitrogens with zero attached hydrogens (tertiary/aromatic N) is 2. The molecule has 2 heterocycles. The Hall–Kier alpha value is -1.68. The van der Waals surface area contributed by atoms with Crippen LogP contribution in [0.2, 0.25) is 0 Å². The second-order valence-corrected chi connectivity index (χ2v) is 3.85. The molecular formula is C12H14N2O2. The molecular weight excluding hydrogens is 204 g/mol. The average Bonchev–Trinajstić information content (AvgIpc) is 2.59. The van der Waals surface area contributed by atoms with Gasteiger partial charge in [0.25, 0.3) is 0 Å². The molecule has 0 bridgehead atoms. The van der Waals surface area contributed by atoms with Gasteiger partial charge >= 0.3 is 0 Å². The van der Waals surface area contributed by atoms with Crippen LogP contribution in [0.1, 0.15) is 30.0 Å². The van der Waals surface area contributed by atoms with E-state index in [0.29, 0.717) is 0 Å². The van der Waals surface area contributed by atoms with Crippen molar-refractivity contribution >= 4 is 0 Å². The molecule has 2 aromatic rings. The lowest BCUT2D eigenvalue weighted by molar-refractivity contribution is 0.199. The molecule has 0 aromatic carbocycles. The molecule has 0 fully saturated rings. The van der Waals surface area contributed by atoms with Crippen molar-refractivity contribution < 1.29 is 9.63 Å². The number of hydrogen-bond donors (Lipinski definition) is 1. The zero-order valence-electron chi connectivity index (χ0n) is 9.56. The van der Waals surface area contributed by atoms with Crippen molar-refractivity contribution in [3.8, 4) is 11.3 Å². The number of rotatable bonds is 2. The van der Waals surface area contributed by atoms with E-state index in [4.69, 9.17) is 4.52 Å². The second kappa shape index (κ2) is 4.06. The quantitative estimate of drug-likeness (QED) is 0.840. The molecule has 4 heteroatoms. The Morgan fingerprint density at radius 1 is 1.31 bits per heavy atom. The first-order valence-corrected chi connectivity index (χ1v) is 5.17. The maximum Gasteiger partial charge on any atom is 0.143 e. The van der Waals surface area contributed by atoms with Crippen LogP contribution in [0.25, 0.3) is 11.3 Å². The van der Waals surface area contributed by atoms with E-state index in [0.717, 1.165) is 28.3 Å². The van der Waals surface area contributed by atoms with E-state index in [1.165, 1.54) is 0 Å². The molecule has 84 valence electrons. The molecule has 2 rings (SSSR count). The van der Waals surface area contributed by atoms with Crippen LogP contribution in [0.15, 0.2) is 22.9 Å². The van der Waals surface area contributed by atoms with E-state index in [1.807, 2.05) is 26.0 Å². The summed E-state index contributed by atoms with van der Waals surface area (Å²) in [4.78, 5) is 4.30. The topological polar surface area (TPSA) is 59.2 Å². The Morgan fingerprint density at radius 3 is 2.50 bits per heavy atom. The van der Waals surface area contributed by atoms with Gasteiger partial charge in [-0.3, -0.25) is 4.98 Å². The standard InChI is InChI=1S/C12H14N2O2/c1-7-12(9(3)16-14-7)11-5-4-10(6-13-11)8(2)15/h4-6,8,15H,1-3H3. The van der Waals surface area contributed by atoms with Gasteiger partial charge in [0.15, 0.2) is 0 Å². The van der Waals surface area contributed by atoms with Crippen molar-refractivity contribution in [3.63, 3.8) is 0 Å². The largest absolute Gasteiger partial charge is 0.389 e. The summed E-state index contributed by atoms with van der Waals surface area (Å²) in [5, 5.41) is 13.3. The van der Waals surface area contributed by atoms with Gasteiger partial charge in [-0.15, -0.1) is 0 Å². The van der Waals surface area contributed by atoms with Gasteiger partial charge in [0, 0.05) is 6.20 Å². The Balaban J connectivity index is 2.42. The molecule has 0 saturated heterocycles. The maximum atomic E-state index is 9.38. The number of pyridine rings is 1. The fourth-order valence-corrected chi connectivity index (χ4v) is 1.65. The van der Waals surface area contributed by atoms with Crippen LogP contribution in [-0.4, -0.2) is 15.2 Å². The molecule has 16 heavy (non-hydrogen) atoms. The number of hydrogen-bond acceptors (Lipinski definition) is 4. The molecule has 1 atom stereocenters. The summed E-state index contributed by atoms with van der Waals surface area (Å²) in [7, 11) is 0. The maximum absolute atomic E-state index is 9.38. The minimum absolute atomic E-state index is 0.494. The first-order chi connectivity index (χ1) is 7.59. The average molecular weight is 218 g/mol. The minimum Gasteiger partial charge on any atom is -0.389 e. The number of aliphatic hydroxyl groups excluding tert-OH is 1.